The summed E-state index contributed by atoms with van der Waals surface area (Å²) in [6.45, 7) is 4.05. The molecule has 1 saturated heterocycles. The van der Waals surface area contributed by atoms with E-state index in [-0.39, 0.29) is 30.3 Å². The maximum absolute atomic E-state index is 13.0. The van der Waals surface area contributed by atoms with E-state index in [1.54, 1.807) is 4.90 Å². The van der Waals surface area contributed by atoms with Gasteiger partial charge >= 0.3 is 0 Å². The molecular weight excluding hydrogens is 300 g/mol. The van der Waals surface area contributed by atoms with Gasteiger partial charge in [0, 0.05) is 5.92 Å². The largest absolute Gasteiger partial charge is 0.342 e. The molecule has 4 heteroatoms. The van der Waals surface area contributed by atoms with Gasteiger partial charge in [0.1, 0.15) is 12.6 Å². The third-order valence-corrected chi connectivity index (χ3v) is 4.75. The molecule has 1 heterocycles. The number of carbonyl (C=O) groups is 2. The fraction of sp³-hybridized carbons (Fsp3) is 0.300. The Morgan fingerprint density at radius 3 is 2.04 bits per heavy atom. The molecule has 3 atom stereocenters. The molecule has 2 amide bonds. The van der Waals surface area contributed by atoms with Crippen molar-refractivity contribution >= 4 is 11.8 Å². The molecule has 4 nitrogen and oxygen atoms in total. The summed E-state index contributed by atoms with van der Waals surface area (Å²) in [5.74, 6) is -0.208. The lowest BCUT2D eigenvalue weighted by atomic mass is 9.90. The Hall–Kier alpha value is -2.62. The van der Waals surface area contributed by atoms with Crippen LogP contribution in [-0.4, -0.2) is 29.3 Å². The van der Waals surface area contributed by atoms with Gasteiger partial charge in [-0.05, 0) is 18.1 Å². The standard InChI is InChI=1S/C20H22N2O2/c1-14(16-9-5-3-6-10-16)19-20(24)22(13-18(23)21-19)15(2)17-11-7-4-8-12-17/h3-12,14-15,19H,13H2,1-2H3,(H,21,23)/t14-,15-,19?/m1/s1. The molecular formula is C20H22N2O2. The quantitative estimate of drug-likeness (QED) is 0.941. The molecule has 1 unspecified atom stereocenters. The number of piperazine rings is 1. The van der Waals surface area contributed by atoms with Crippen LogP contribution in [-0.2, 0) is 9.59 Å². The molecule has 2 aromatic carbocycles. The molecule has 3 rings (SSSR count). The van der Waals surface area contributed by atoms with Gasteiger partial charge < -0.3 is 10.2 Å². The van der Waals surface area contributed by atoms with E-state index in [0.717, 1.165) is 11.1 Å². The topological polar surface area (TPSA) is 49.4 Å². The van der Waals surface area contributed by atoms with Crippen LogP contribution < -0.4 is 5.32 Å². The second-order valence-electron chi connectivity index (χ2n) is 6.30. The molecule has 0 spiro atoms. The highest BCUT2D eigenvalue weighted by atomic mass is 16.2. The number of hydrogen-bond donors (Lipinski definition) is 1. The minimum atomic E-state index is -0.528. The lowest BCUT2D eigenvalue weighted by Gasteiger charge is -2.38. The first kappa shape index (κ1) is 16.2. The van der Waals surface area contributed by atoms with Crippen LogP contribution in [0.4, 0.5) is 0 Å². The van der Waals surface area contributed by atoms with Gasteiger partial charge in [-0.25, -0.2) is 0 Å². The highest BCUT2D eigenvalue weighted by molar-refractivity contribution is 5.95. The van der Waals surface area contributed by atoms with Gasteiger partial charge in [0.05, 0.1) is 6.04 Å². The summed E-state index contributed by atoms with van der Waals surface area (Å²) in [4.78, 5) is 26.9. The SMILES string of the molecule is C[C@H](c1ccccc1)C1NC(=O)CN([C@H](C)c2ccccc2)C1=O. The van der Waals surface area contributed by atoms with Gasteiger partial charge in [-0.2, -0.15) is 0 Å². The van der Waals surface area contributed by atoms with Crippen molar-refractivity contribution in [3.05, 3.63) is 71.8 Å². The number of benzene rings is 2. The molecule has 0 saturated carbocycles. The third kappa shape index (κ3) is 3.18. The smallest absolute Gasteiger partial charge is 0.246 e. The van der Waals surface area contributed by atoms with E-state index in [2.05, 4.69) is 5.32 Å². The molecule has 1 fully saturated rings. The zero-order valence-corrected chi connectivity index (χ0v) is 14.0. The van der Waals surface area contributed by atoms with E-state index >= 15 is 0 Å². The lowest BCUT2D eigenvalue weighted by molar-refractivity contribution is -0.147. The van der Waals surface area contributed by atoms with E-state index in [1.165, 1.54) is 0 Å². The molecule has 1 aliphatic heterocycles. The molecule has 0 bridgehead atoms. The number of hydrogen-bond acceptors (Lipinski definition) is 2. The van der Waals surface area contributed by atoms with Crippen molar-refractivity contribution in [2.24, 2.45) is 0 Å². The van der Waals surface area contributed by atoms with Gasteiger partial charge in [0.2, 0.25) is 11.8 Å². The molecule has 24 heavy (non-hydrogen) atoms. The van der Waals surface area contributed by atoms with Gasteiger partial charge in [-0.15, -0.1) is 0 Å². The Morgan fingerprint density at radius 2 is 1.46 bits per heavy atom. The number of carbonyl (C=O) groups excluding carboxylic acids is 2. The lowest BCUT2D eigenvalue weighted by Crippen LogP contribution is -2.60. The zero-order chi connectivity index (χ0) is 17.1. The summed E-state index contributed by atoms with van der Waals surface area (Å²) in [5.41, 5.74) is 2.08. The van der Waals surface area contributed by atoms with Crippen molar-refractivity contribution < 1.29 is 9.59 Å². The average Bonchev–Trinajstić information content (AvgIpc) is 2.63. The Labute approximate surface area is 142 Å². The van der Waals surface area contributed by atoms with Crippen molar-refractivity contribution in [2.75, 3.05) is 6.54 Å². The summed E-state index contributed by atoms with van der Waals surface area (Å²) >= 11 is 0. The predicted molar refractivity (Wildman–Crippen MR) is 93.4 cm³/mol. The van der Waals surface area contributed by atoms with E-state index in [0.29, 0.717) is 0 Å². The van der Waals surface area contributed by atoms with Crippen LogP contribution in [0.15, 0.2) is 60.7 Å². The van der Waals surface area contributed by atoms with E-state index in [1.807, 2.05) is 74.5 Å². The second kappa shape index (κ2) is 6.87. The van der Waals surface area contributed by atoms with Crippen LogP contribution in [0.1, 0.15) is 36.9 Å². The highest BCUT2D eigenvalue weighted by Gasteiger charge is 2.38. The van der Waals surface area contributed by atoms with Crippen molar-refractivity contribution in [1.82, 2.24) is 10.2 Å². The summed E-state index contributed by atoms with van der Waals surface area (Å²) < 4.78 is 0. The van der Waals surface area contributed by atoms with E-state index in [4.69, 9.17) is 0 Å². The van der Waals surface area contributed by atoms with Crippen LogP contribution >= 0.6 is 0 Å². The minimum Gasteiger partial charge on any atom is -0.342 e. The Bertz CT molecular complexity index is 655. The molecule has 0 aliphatic carbocycles. The van der Waals surface area contributed by atoms with Crippen LogP contribution in [0, 0.1) is 0 Å². The van der Waals surface area contributed by atoms with Crippen LogP contribution in [0.5, 0.6) is 0 Å². The monoisotopic (exact) mass is 322 g/mol. The molecule has 2 aromatic rings. The highest BCUT2D eigenvalue weighted by Crippen LogP contribution is 2.27. The maximum Gasteiger partial charge on any atom is 0.246 e. The van der Waals surface area contributed by atoms with Crippen molar-refractivity contribution in [3.63, 3.8) is 0 Å². The second-order valence-corrected chi connectivity index (χ2v) is 6.30. The number of nitrogens with one attached hydrogen (secondary N) is 1. The van der Waals surface area contributed by atoms with Gasteiger partial charge in [0.25, 0.3) is 0 Å². The molecule has 124 valence electrons. The number of amides is 2. The molecule has 1 aliphatic rings. The average molecular weight is 322 g/mol. The predicted octanol–water partition coefficient (Wildman–Crippen LogP) is 2.88. The van der Waals surface area contributed by atoms with E-state index in [9.17, 15) is 9.59 Å². The fourth-order valence-electron chi connectivity index (χ4n) is 3.22. The summed E-state index contributed by atoms with van der Waals surface area (Å²) in [7, 11) is 0. The first-order valence-corrected chi connectivity index (χ1v) is 8.27. The first-order valence-electron chi connectivity index (χ1n) is 8.27. The summed E-state index contributed by atoms with van der Waals surface area (Å²) in [5, 5.41) is 2.87. The Kier molecular flexibility index (Phi) is 4.65. The van der Waals surface area contributed by atoms with Crippen molar-refractivity contribution in [3.8, 4) is 0 Å². The van der Waals surface area contributed by atoms with Gasteiger partial charge in [-0.3, -0.25) is 9.59 Å². The van der Waals surface area contributed by atoms with Crippen molar-refractivity contribution in [1.29, 1.82) is 0 Å². The van der Waals surface area contributed by atoms with Crippen LogP contribution in [0.3, 0.4) is 0 Å². The van der Waals surface area contributed by atoms with Gasteiger partial charge in [-0.1, -0.05) is 67.6 Å². The third-order valence-electron chi connectivity index (χ3n) is 4.75. The Morgan fingerprint density at radius 1 is 0.917 bits per heavy atom. The van der Waals surface area contributed by atoms with Gasteiger partial charge in [0.15, 0.2) is 0 Å². The summed E-state index contributed by atoms with van der Waals surface area (Å²) in [6, 6.07) is 19.0. The first-order chi connectivity index (χ1) is 11.6. The van der Waals surface area contributed by atoms with Crippen molar-refractivity contribution in [2.45, 2.75) is 31.8 Å². The normalized spacial score (nSPS) is 20.4. The Balaban J connectivity index is 1.85. The minimum absolute atomic E-state index is 0.0256. The summed E-state index contributed by atoms with van der Waals surface area (Å²) in [6.07, 6.45) is 0. The van der Waals surface area contributed by atoms with Crippen LogP contribution in [0.25, 0.3) is 0 Å². The molecule has 0 radical (unpaired) electrons. The molecule has 0 aromatic heterocycles. The fourth-order valence-corrected chi connectivity index (χ4v) is 3.22. The zero-order valence-electron chi connectivity index (χ0n) is 14.0. The molecule has 1 N–H and O–H groups in total. The number of nitrogens with zero attached hydrogens (tertiary/aromatic N) is 1. The maximum atomic E-state index is 13.0. The van der Waals surface area contributed by atoms with Crippen LogP contribution in [0.2, 0.25) is 0 Å². The van der Waals surface area contributed by atoms with E-state index < -0.39 is 6.04 Å². The number of rotatable bonds is 4.